The molecule has 0 aliphatic heterocycles. The number of anilines is 1. The van der Waals surface area contributed by atoms with Crippen LogP contribution in [0.2, 0.25) is 0 Å². The van der Waals surface area contributed by atoms with Gasteiger partial charge >= 0.3 is 0 Å². The predicted molar refractivity (Wildman–Crippen MR) is 67.8 cm³/mol. The van der Waals surface area contributed by atoms with E-state index in [1.807, 2.05) is 6.07 Å². The van der Waals surface area contributed by atoms with Gasteiger partial charge in [0.05, 0.1) is 5.56 Å². The highest BCUT2D eigenvalue weighted by molar-refractivity contribution is 5.92. The standard InChI is InChI=1S/C13H19N3O/c1-13(2)7-3-4-10(13)16-11-6-5-9(8-15-11)12(14)17/h5-6,8,10H,3-4,7H2,1-2H3,(H2,14,17)(H,15,16). The first-order chi connectivity index (χ1) is 7.99. The largest absolute Gasteiger partial charge is 0.367 e. The van der Waals surface area contributed by atoms with Crippen molar-refractivity contribution in [2.45, 2.75) is 39.2 Å². The maximum Gasteiger partial charge on any atom is 0.250 e. The summed E-state index contributed by atoms with van der Waals surface area (Å²) in [6, 6.07) is 3.98. The molecule has 1 atom stereocenters. The van der Waals surface area contributed by atoms with Gasteiger partial charge in [-0.15, -0.1) is 0 Å². The summed E-state index contributed by atoms with van der Waals surface area (Å²) in [5.41, 5.74) is 5.93. The van der Waals surface area contributed by atoms with E-state index in [1.165, 1.54) is 25.5 Å². The van der Waals surface area contributed by atoms with Gasteiger partial charge < -0.3 is 11.1 Å². The maximum atomic E-state index is 10.9. The molecule has 1 aromatic heterocycles. The van der Waals surface area contributed by atoms with Gasteiger partial charge in [-0.2, -0.15) is 0 Å². The first-order valence-electron chi connectivity index (χ1n) is 6.01. The second kappa shape index (κ2) is 4.35. The average molecular weight is 233 g/mol. The Balaban J connectivity index is 2.06. The van der Waals surface area contributed by atoms with Crippen molar-refractivity contribution in [3.8, 4) is 0 Å². The van der Waals surface area contributed by atoms with Crippen LogP contribution in [0.4, 0.5) is 5.82 Å². The highest BCUT2D eigenvalue weighted by Crippen LogP contribution is 2.38. The van der Waals surface area contributed by atoms with Crippen LogP contribution >= 0.6 is 0 Å². The van der Waals surface area contributed by atoms with E-state index in [2.05, 4.69) is 24.1 Å². The summed E-state index contributed by atoms with van der Waals surface area (Å²) in [5.74, 6) is 0.375. The molecule has 1 unspecified atom stereocenters. The molecule has 0 radical (unpaired) electrons. The summed E-state index contributed by atoms with van der Waals surface area (Å²) in [6.45, 7) is 4.55. The monoisotopic (exact) mass is 233 g/mol. The lowest BCUT2D eigenvalue weighted by Crippen LogP contribution is -2.31. The molecule has 17 heavy (non-hydrogen) atoms. The van der Waals surface area contributed by atoms with E-state index in [0.29, 0.717) is 17.0 Å². The molecule has 0 aromatic carbocycles. The van der Waals surface area contributed by atoms with Gasteiger partial charge in [0.15, 0.2) is 0 Å². The highest BCUT2D eigenvalue weighted by atomic mass is 16.1. The number of hydrogen-bond donors (Lipinski definition) is 2. The fourth-order valence-corrected chi connectivity index (χ4v) is 2.40. The minimum Gasteiger partial charge on any atom is -0.367 e. The zero-order chi connectivity index (χ0) is 12.5. The van der Waals surface area contributed by atoms with Gasteiger partial charge in [-0.05, 0) is 30.4 Å². The minimum atomic E-state index is -0.440. The molecule has 1 amide bonds. The predicted octanol–water partition coefficient (Wildman–Crippen LogP) is 2.17. The summed E-state index contributed by atoms with van der Waals surface area (Å²) in [7, 11) is 0. The summed E-state index contributed by atoms with van der Waals surface area (Å²) < 4.78 is 0. The fraction of sp³-hybridized carbons (Fsp3) is 0.538. The lowest BCUT2D eigenvalue weighted by molar-refractivity contribution is 0.1000. The van der Waals surface area contributed by atoms with Gasteiger partial charge in [-0.1, -0.05) is 20.3 Å². The number of nitrogens with zero attached hydrogens (tertiary/aromatic N) is 1. The molecular formula is C13H19N3O. The van der Waals surface area contributed by atoms with Gasteiger partial charge in [0, 0.05) is 12.2 Å². The number of carbonyl (C=O) groups excluding carboxylic acids is 1. The summed E-state index contributed by atoms with van der Waals surface area (Å²) in [5, 5.41) is 3.43. The number of nitrogens with two attached hydrogens (primary N) is 1. The van der Waals surface area contributed by atoms with Crippen molar-refractivity contribution < 1.29 is 4.79 Å². The van der Waals surface area contributed by atoms with Crippen molar-refractivity contribution in [3.05, 3.63) is 23.9 Å². The Kier molecular flexibility index (Phi) is 3.05. The number of primary amides is 1. The van der Waals surface area contributed by atoms with E-state index in [4.69, 9.17) is 5.73 Å². The Morgan fingerprint density at radius 3 is 2.76 bits per heavy atom. The Bertz CT molecular complexity index is 411. The molecule has 1 aliphatic rings. The quantitative estimate of drug-likeness (QED) is 0.840. The molecule has 2 rings (SSSR count). The lowest BCUT2D eigenvalue weighted by Gasteiger charge is -2.28. The van der Waals surface area contributed by atoms with Crippen LogP contribution in [0.25, 0.3) is 0 Å². The minimum absolute atomic E-state index is 0.310. The van der Waals surface area contributed by atoms with Gasteiger partial charge in [-0.25, -0.2) is 4.98 Å². The molecule has 1 aliphatic carbocycles. The molecule has 1 aromatic rings. The van der Waals surface area contributed by atoms with Crippen LogP contribution in [0.1, 0.15) is 43.5 Å². The average Bonchev–Trinajstić information content (AvgIpc) is 2.59. The Morgan fingerprint density at radius 1 is 1.53 bits per heavy atom. The van der Waals surface area contributed by atoms with E-state index in [1.54, 1.807) is 6.07 Å². The summed E-state index contributed by atoms with van der Waals surface area (Å²) in [4.78, 5) is 15.1. The molecular weight excluding hydrogens is 214 g/mol. The second-order valence-corrected chi connectivity index (χ2v) is 5.37. The molecule has 0 spiro atoms. The van der Waals surface area contributed by atoms with Gasteiger partial charge in [0.2, 0.25) is 5.91 Å². The lowest BCUT2D eigenvalue weighted by atomic mass is 9.87. The molecule has 0 bridgehead atoms. The molecule has 3 N–H and O–H groups in total. The first-order valence-corrected chi connectivity index (χ1v) is 6.01. The third-order valence-electron chi connectivity index (χ3n) is 3.63. The van der Waals surface area contributed by atoms with Crippen LogP contribution in [0.3, 0.4) is 0 Å². The van der Waals surface area contributed by atoms with Gasteiger partial charge in [0.25, 0.3) is 0 Å². The van der Waals surface area contributed by atoms with Crippen molar-refractivity contribution >= 4 is 11.7 Å². The Labute approximate surface area is 102 Å². The topological polar surface area (TPSA) is 68.0 Å². The zero-order valence-electron chi connectivity index (χ0n) is 10.4. The third kappa shape index (κ3) is 2.57. The number of nitrogens with one attached hydrogen (secondary N) is 1. The molecule has 4 heteroatoms. The number of amides is 1. The first kappa shape index (κ1) is 11.9. The van der Waals surface area contributed by atoms with Crippen LogP contribution in [0.5, 0.6) is 0 Å². The smallest absolute Gasteiger partial charge is 0.250 e. The normalized spacial score (nSPS) is 22.4. The van der Waals surface area contributed by atoms with Crippen molar-refractivity contribution in [2.75, 3.05) is 5.32 Å². The number of hydrogen-bond acceptors (Lipinski definition) is 3. The van der Waals surface area contributed by atoms with E-state index in [0.717, 1.165) is 5.82 Å². The number of carbonyl (C=O) groups is 1. The second-order valence-electron chi connectivity index (χ2n) is 5.37. The van der Waals surface area contributed by atoms with Crippen molar-refractivity contribution in [1.29, 1.82) is 0 Å². The zero-order valence-corrected chi connectivity index (χ0v) is 10.4. The molecule has 4 nitrogen and oxygen atoms in total. The Morgan fingerprint density at radius 2 is 2.29 bits per heavy atom. The van der Waals surface area contributed by atoms with Crippen LogP contribution < -0.4 is 11.1 Å². The van der Waals surface area contributed by atoms with Crippen LogP contribution in [0.15, 0.2) is 18.3 Å². The Hall–Kier alpha value is -1.58. The third-order valence-corrected chi connectivity index (χ3v) is 3.63. The summed E-state index contributed by atoms with van der Waals surface area (Å²) in [6.07, 6.45) is 5.19. The van der Waals surface area contributed by atoms with Crippen LogP contribution in [0, 0.1) is 5.41 Å². The van der Waals surface area contributed by atoms with E-state index < -0.39 is 5.91 Å². The molecule has 1 heterocycles. The van der Waals surface area contributed by atoms with Crippen molar-refractivity contribution in [3.63, 3.8) is 0 Å². The van der Waals surface area contributed by atoms with Gasteiger partial charge in [0.1, 0.15) is 5.82 Å². The SMILES string of the molecule is CC1(C)CCCC1Nc1ccc(C(N)=O)cn1. The van der Waals surface area contributed by atoms with E-state index in [-0.39, 0.29) is 0 Å². The summed E-state index contributed by atoms with van der Waals surface area (Å²) >= 11 is 0. The molecule has 1 saturated carbocycles. The van der Waals surface area contributed by atoms with Crippen LogP contribution in [-0.4, -0.2) is 16.9 Å². The molecule has 92 valence electrons. The van der Waals surface area contributed by atoms with Crippen LogP contribution in [-0.2, 0) is 0 Å². The number of rotatable bonds is 3. The number of aromatic nitrogens is 1. The van der Waals surface area contributed by atoms with Crippen molar-refractivity contribution in [2.24, 2.45) is 11.1 Å². The number of pyridine rings is 1. The fourth-order valence-electron chi connectivity index (χ4n) is 2.40. The highest BCUT2D eigenvalue weighted by Gasteiger charge is 2.34. The van der Waals surface area contributed by atoms with E-state index >= 15 is 0 Å². The van der Waals surface area contributed by atoms with Gasteiger partial charge in [-0.3, -0.25) is 4.79 Å². The van der Waals surface area contributed by atoms with E-state index in [9.17, 15) is 4.79 Å². The molecule has 0 saturated heterocycles. The molecule has 1 fully saturated rings. The maximum absolute atomic E-state index is 10.9. The van der Waals surface area contributed by atoms with Crippen molar-refractivity contribution in [1.82, 2.24) is 4.98 Å².